The van der Waals surface area contributed by atoms with Gasteiger partial charge in [-0.15, -0.1) is 11.3 Å². The van der Waals surface area contributed by atoms with E-state index in [9.17, 15) is 14.4 Å². The zero-order valence-corrected chi connectivity index (χ0v) is 16.6. The minimum atomic E-state index is -0.330. The summed E-state index contributed by atoms with van der Waals surface area (Å²) in [6.07, 6.45) is 0.187. The van der Waals surface area contributed by atoms with E-state index in [1.54, 1.807) is 35.6 Å². The Morgan fingerprint density at radius 1 is 1.04 bits per heavy atom. The fraction of sp³-hybridized carbons (Fsp3) is 0.350. The molecule has 7 heteroatoms. The van der Waals surface area contributed by atoms with Gasteiger partial charge in [0.15, 0.2) is 5.78 Å². The zero-order chi connectivity index (χ0) is 19.8. The summed E-state index contributed by atoms with van der Waals surface area (Å²) in [5.74, 6) is 0.0216. The molecule has 0 saturated carbocycles. The van der Waals surface area contributed by atoms with Crippen LogP contribution in [0.25, 0.3) is 0 Å². The Bertz CT molecular complexity index is 812. The largest absolute Gasteiger partial charge is 0.494 e. The van der Waals surface area contributed by atoms with Crippen molar-refractivity contribution in [2.75, 3.05) is 18.5 Å². The molecule has 2 N–H and O–H groups in total. The highest BCUT2D eigenvalue weighted by Gasteiger charge is 2.14. The van der Waals surface area contributed by atoms with Crippen LogP contribution in [0, 0.1) is 13.8 Å². The van der Waals surface area contributed by atoms with Gasteiger partial charge in [-0.05, 0) is 51.1 Å². The monoisotopic (exact) mass is 388 g/mol. The Morgan fingerprint density at radius 2 is 1.74 bits per heavy atom. The van der Waals surface area contributed by atoms with E-state index in [1.165, 1.54) is 0 Å². The van der Waals surface area contributed by atoms with Crippen molar-refractivity contribution in [2.24, 2.45) is 0 Å². The first-order valence-electron chi connectivity index (χ1n) is 8.78. The van der Waals surface area contributed by atoms with Crippen molar-refractivity contribution in [2.45, 2.75) is 33.6 Å². The standard InChI is InChI=1S/C20H24N2O4S/c1-4-26-16-7-5-15(6-8-16)22-20(25)12-21-19(24)10-9-18(23)17-11-13(2)27-14(17)3/h5-8,11H,4,9-10,12H2,1-3H3,(H,21,24)(H,22,25). The molecule has 0 aliphatic heterocycles. The number of anilines is 1. The summed E-state index contributed by atoms with van der Waals surface area (Å²) in [7, 11) is 0. The summed E-state index contributed by atoms with van der Waals surface area (Å²) in [5.41, 5.74) is 1.30. The maximum absolute atomic E-state index is 12.2. The highest BCUT2D eigenvalue weighted by Crippen LogP contribution is 2.22. The van der Waals surface area contributed by atoms with E-state index in [0.29, 0.717) is 17.9 Å². The third kappa shape index (κ3) is 6.53. The second kappa shape index (κ2) is 9.87. The van der Waals surface area contributed by atoms with Crippen LogP contribution in [0.1, 0.15) is 39.9 Å². The predicted molar refractivity (Wildman–Crippen MR) is 107 cm³/mol. The maximum Gasteiger partial charge on any atom is 0.243 e. The first-order valence-corrected chi connectivity index (χ1v) is 9.60. The number of aryl methyl sites for hydroxylation is 2. The number of amides is 2. The molecule has 2 aromatic rings. The van der Waals surface area contributed by atoms with E-state index in [4.69, 9.17) is 4.74 Å². The number of thiophene rings is 1. The van der Waals surface area contributed by atoms with E-state index >= 15 is 0 Å². The molecule has 0 radical (unpaired) electrons. The summed E-state index contributed by atoms with van der Waals surface area (Å²) < 4.78 is 5.33. The first kappa shape index (κ1) is 20.6. The number of benzene rings is 1. The van der Waals surface area contributed by atoms with Crippen LogP contribution in [0.4, 0.5) is 5.69 Å². The van der Waals surface area contributed by atoms with Gasteiger partial charge in [0, 0.05) is 33.8 Å². The van der Waals surface area contributed by atoms with Gasteiger partial charge >= 0.3 is 0 Å². The molecule has 0 aliphatic carbocycles. The van der Waals surface area contributed by atoms with E-state index in [1.807, 2.05) is 26.8 Å². The summed E-state index contributed by atoms with van der Waals surface area (Å²) in [6.45, 7) is 6.18. The van der Waals surface area contributed by atoms with Crippen molar-refractivity contribution < 1.29 is 19.1 Å². The van der Waals surface area contributed by atoms with Gasteiger partial charge in [-0.2, -0.15) is 0 Å². The minimum Gasteiger partial charge on any atom is -0.494 e. The van der Waals surface area contributed by atoms with E-state index < -0.39 is 0 Å². The number of ether oxygens (including phenoxy) is 1. The molecule has 0 bridgehead atoms. The second-order valence-corrected chi connectivity index (χ2v) is 7.49. The number of hydrogen-bond donors (Lipinski definition) is 2. The van der Waals surface area contributed by atoms with Crippen LogP contribution in [0.5, 0.6) is 5.75 Å². The van der Waals surface area contributed by atoms with Gasteiger partial charge in [-0.1, -0.05) is 0 Å². The lowest BCUT2D eigenvalue weighted by atomic mass is 10.1. The minimum absolute atomic E-state index is 0.0501. The van der Waals surface area contributed by atoms with Gasteiger partial charge in [0.2, 0.25) is 11.8 Å². The van der Waals surface area contributed by atoms with Gasteiger partial charge in [0.05, 0.1) is 13.2 Å². The molecule has 0 saturated heterocycles. The fourth-order valence-electron chi connectivity index (χ4n) is 2.54. The van der Waals surface area contributed by atoms with Gasteiger partial charge in [0.1, 0.15) is 5.75 Å². The maximum atomic E-state index is 12.2. The Hall–Kier alpha value is -2.67. The van der Waals surface area contributed by atoms with Crippen molar-refractivity contribution in [3.05, 3.63) is 45.6 Å². The van der Waals surface area contributed by atoms with Crippen LogP contribution in [0.3, 0.4) is 0 Å². The zero-order valence-electron chi connectivity index (χ0n) is 15.8. The van der Waals surface area contributed by atoms with Crippen LogP contribution in [-0.2, 0) is 9.59 Å². The molecule has 0 spiro atoms. The highest BCUT2D eigenvalue weighted by molar-refractivity contribution is 7.12. The molecule has 6 nitrogen and oxygen atoms in total. The quantitative estimate of drug-likeness (QED) is 0.644. The number of rotatable bonds is 9. The number of carbonyl (C=O) groups excluding carboxylic acids is 3. The van der Waals surface area contributed by atoms with Crippen LogP contribution >= 0.6 is 11.3 Å². The Morgan fingerprint density at radius 3 is 2.33 bits per heavy atom. The normalized spacial score (nSPS) is 10.3. The third-order valence-electron chi connectivity index (χ3n) is 3.82. The summed E-state index contributed by atoms with van der Waals surface area (Å²) in [4.78, 5) is 38.0. The molecule has 0 aliphatic rings. The van der Waals surface area contributed by atoms with Gasteiger partial charge in [-0.3, -0.25) is 14.4 Å². The van der Waals surface area contributed by atoms with Crippen molar-refractivity contribution in [3.8, 4) is 5.75 Å². The summed E-state index contributed by atoms with van der Waals surface area (Å²) in [5, 5.41) is 5.23. The number of carbonyl (C=O) groups is 3. The first-order chi connectivity index (χ1) is 12.9. The van der Waals surface area contributed by atoms with Gasteiger partial charge in [-0.25, -0.2) is 0 Å². The fourth-order valence-corrected chi connectivity index (χ4v) is 3.49. The average molecular weight is 388 g/mol. The molecule has 27 heavy (non-hydrogen) atoms. The van der Waals surface area contributed by atoms with Crippen LogP contribution in [0.2, 0.25) is 0 Å². The topological polar surface area (TPSA) is 84.5 Å². The molecule has 2 rings (SSSR count). The van der Waals surface area contributed by atoms with E-state index in [-0.39, 0.29) is 37.0 Å². The van der Waals surface area contributed by atoms with Crippen molar-refractivity contribution in [1.82, 2.24) is 5.32 Å². The lowest BCUT2D eigenvalue weighted by Gasteiger charge is -2.08. The predicted octanol–water partition coefficient (Wildman–Crippen LogP) is 3.48. The molecular weight excluding hydrogens is 364 g/mol. The highest BCUT2D eigenvalue weighted by atomic mass is 32.1. The van der Waals surface area contributed by atoms with Crippen LogP contribution in [-0.4, -0.2) is 30.7 Å². The Kier molecular flexibility index (Phi) is 7.55. The van der Waals surface area contributed by atoms with E-state index in [0.717, 1.165) is 15.5 Å². The molecule has 0 fully saturated rings. The molecule has 1 aromatic heterocycles. The summed E-state index contributed by atoms with van der Waals surface area (Å²) >= 11 is 1.57. The number of Topliss-reactive ketones (excluding diaryl/α,β-unsaturated/α-hetero) is 1. The Balaban J connectivity index is 1.72. The molecule has 1 heterocycles. The smallest absolute Gasteiger partial charge is 0.243 e. The number of hydrogen-bond acceptors (Lipinski definition) is 5. The molecule has 0 atom stereocenters. The molecular formula is C20H24N2O4S. The number of ketones is 1. The second-order valence-electron chi connectivity index (χ2n) is 6.03. The SMILES string of the molecule is CCOc1ccc(NC(=O)CNC(=O)CCC(=O)c2cc(C)sc2C)cc1. The number of nitrogens with one attached hydrogen (secondary N) is 2. The van der Waals surface area contributed by atoms with Crippen LogP contribution in [0.15, 0.2) is 30.3 Å². The van der Waals surface area contributed by atoms with E-state index in [2.05, 4.69) is 10.6 Å². The van der Waals surface area contributed by atoms with Crippen molar-refractivity contribution >= 4 is 34.6 Å². The third-order valence-corrected chi connectivity index (χ3v) is 4.78. The van der Waals surface area contributed by atoms with Crippen molar-refractivity contribution in [1.29, 1.82) is 0 Å². The molecule has 144 valence electrons. The Labute approximate surface area is 162 Å². The van der Waals surface area contributed by atoms with Gasteiger partial charge in [0.25, 0.3) is 0 Å². The molecule has 2 amide bonds. The van der Waals surface area contributed by atoms with Gasteiger partial charge < -0.3 is 15.4 Å². The van der Waals surface area contributed by atoms with Crippen LogP contribution < -0.4 is 15.4 Å². The summed E-state index contributed by atoms with van der Waals surface area (Å²) in [6, 6.07) is 8.84. The molecule has 1 aromatic carbocycles. The lowest BCUT2D eigenvalue weighted by Crippen LogP contribution is -2.33. The van der Waals surface area contributed by atoms with Crippen molar-refractivity contribution in [3.63, 3.8) is 0 Å². The average Bonchev–Trinajstić information content (AvgIpc) is 2.98. The molecule has 0 unspecified atom stereocenters. The lowest BCUT2D eigenvalue weighted by molar-refractivity contribution is -0.124.